The third-order valence-electron chi connectivity index (χ3n) is 5.99. The Kier molecular flexibility index (Phi) is 7.29. The van der Waals surface area contributed by atoms with Gasteiger partial charge in [-0.2, -0.15) is 0 Å². The summed E-state index contributed by atoms with van der Waals surface area (Å²) in [7, 11) is 0. The van der Waals surface area contributed by atoms with E-state index >= 15 is 0 Å². The molecule has 0 bridgehead atoms. The molecule has 1 unspecified atom stereocenters. The summed E-state index contributed by atoms with van der Waals surface area (Å²) in [6, 6.07) is 16.0. The van der Waals surface area contributed by atoms with Crippen molar-refractivity contribution in [3.05, 3.63) is 87.4 Å². The van der Waals surface area contributed by atoms with Gasteiger partial charge in [0.15, 0.2) is 5.13 Å². The molecule has 194 valence electrons. The molecule has 38 heavy (non-hydrogen) atoms. The van der Waals surface area contributed by atoms with Crippen molar-refractivity contribution < 1.29 is 24.2 Å². The molecule has 0 spiro atoms. The SMILES string of the molecule is CCOc1cccc(C(O)=C2C(=O)C(=O)N(c3nc4ccc(OCC)cc4s3)C2c2ccc(Cl)c(Cl)c2)c1. The van der Waals surface area contributed by atoms with E-state index in [0.717, 1.165) is 4.70 Å². The number of carbonyl (C=O) groups is 2. The van der Waals surface area contributed by atoms with E-state index in [1.165, 1.54) is 16.2 Å². The van der Waals surface area contributed by atoms with Crippen molar-refractivity contribution in [1.82, 2.24) is 4.98 Å². The maximum absolute atomic E-state index is 13.5. The van der Waals surface area contributed by atoms with Gasteiger partial charge in [-0.3, -0.25) is 14.5 Å². The number of benzene rings is 3. The van der Waals surface area contributed by atoms with Crippen LogP contribution in [-0.4, -0.2) is 35.0 Å². The normalized spacial score (nSPS) is 16.8. The van der Waals surface area contributed by atoms with Crippen molar-refractivity contribution in [2.24, 2.45) is 0 Å². The molecule has 2 heterocycles. The van der Waals surface area contributed by atoms with Gasteiger partial charge < -0.3 is 14.6 Å². The molecule has 1 atom stereocenters. The molecule has 5 rings (SSSR count). The van der Waals surface area contributed by atoms with E-state index in [1.54, 1.807) is 54.6 Å². The van der Waals surface area contributed by atoms with Crippen LogP contribution in [0.3, 0.4) is 0 Å². The van der Waals surface area contributed by atoms with Crippen LogP contribution in [0.5, 0.6) is 11.5 Å². The first-order valence-electron chi connectivity index (χ1n) is 11.8. The molecule has 0 radical (unpaired) electrons. The minimum absolute atomic E-state index is 0.0868. The smallest absolute Gasteiger partial charge is 0.301 e. The number of carbonyl (C=O) groups excluding carboxylic acids is 2. The van der Waals surface area contributed by atoms with Crippen molar-refractivity contribution >= 4 is 67.3 Å². The summed E-state index contributed by atoms with van der Waals surface area (Å²) < 4.78 is 11.9. The first kappa shape index (κ1) is 26.0. The lowest BCUT2D eigenvalue weighted by Crippen LogP contribution is -2.29. The second-order valence-corrected chi connectivity index (χ2v) is 10.2. The lowest BCUT2D eigenvalue weighted by Gasteiger charge is -2.23. The molecular weight excluding hydrogens is 547 g/mol. The van der Waals surface area contributed by atoms with E-state index in [-0.39, 0.29) is 16.4 Å². The summed E-state index contributed by atoms with van der Waals surface area (Å²) in [6.45, 7) is 4.68. The first-order valence-corrected chi connectivity index (χ1v) is 13.4. The molecule has 1 saturated heterocycles. The highest BCUT2D eigenvalue weighted by molar-refractivity contribution is 7.22. The fourth-order valence-corrected chi connectivity index (χ4v) is 5.66. The average molecular weight is 569 g/mol. The molecular formula is C28H22Cl2N2O5S. The molecule has 4 aromatic rings. The second-order valence-electron chi connectivity index (χ2n) is 8.36. The Balaban J connectivity index is 1.70. The van der Waals surface area contributed by atoms with Crippen LogP contribution in [0.15, 0.2) is 66.2 Å². The van der Waals surface area contributed by atoms with Gasteiger partial charge >= 0.3 is 5.91 Å². The van der Waals surface area contributed by atoms with Crippen molar-refractivity contribution in [3.63, 3.8) is 0 Å². The van der Waals surface area contributed by atoms with Gasteiger partial charge in [0, 0.05) is 5.56 Å². The van der Waals surface area contributed by atoms with Gasteiger partial charge in [0.1, 0.15) is 17.3 Å². The first-order chi connectivity index (χ1) is 18.3. The van der Waals surface area contributed by atoms with E-state index in [1.807, 2.05) is 19.9 Å². The Labute approximate surface area is 232 Å². The van der Waals surface area contributed by atoms with Crippen molar-refractivity contribution in [1.29, 1.82) is 0 Å². The van der Waals surface area contributed by atoms with Gasteiger partial charge in [0.25, 0.3) is 5.78 Å². The van der Waals surface area contributed by atoms with Gasteiger partial charge in [-0.15, -0.1) is 0 Å². The van der Waals surface area contributed by atoms with Crippen molar-refractivity contribution in [2.45, 2.75) is 19.9 Å². The van der Waals surface area contributed by atoms with Gasteiger partial charge in [-0.05, 0) is 61.9 Å². The zero-order chi connectivity index (χ0) is 27.0. The highest BCUT2D eigenvalue weighted by Gasteiger charge is 2.48. The molecule has 1 aliphatic heterocycles. The van der Waals surface area contributed by atoms with Gasteiger partial charge in [-0.1, -0.05) is 52.7 Å². The summed E-state index contributed by atoms with van der Waals surface area (Å²) in [6.07, 6.45) is 0. The number of hydrogen-bond acceptors (Lipinski definition) is 7. The highest BCUT2D eigenvalue weighted by atomic mass is 35.5. The second kappa shape index (κ2) is 10.6. The maximum atomic E-state index is 13.5. The molecule has 1 N–H and O–H groups in total. The van der Waals surface area contributed by atoms with Crippen LogP contribution in [-0.2, 0) is 9.59 Å². The molecule has 7 nitrogen and oxygen atoms in total. The van der Waals surface area contributed by atoms with Crippen LogP contribution in [0.25, 0.3) is 16.0 Å². The van der Waals surface area contributed by atoms with Crippen LogP contribution in [0.2, 0.25) is 10.0 Å². The van der Waals surface area contributed by atoms with Crippen LogP contribution in [0, 0.1) is 0 Å². The summed E-state index contributed by atoms with van der Waals surface area (Å²) in [4.78, 5) is 32.9. The van der Waals surface area contributed by atoms with Crippen LogP contribution in [0.4, 0.5) is 5.13 Å². The summed E-state index contributed by atoms with van der Waals surface area (Å²) in [5.74, 6) is -0.786. The molecule has 0 aliphatic carbocycles. The van der Waals surface area contributed by atoms with E-state index in [9.17, 15) is 14.7 Å². The standard InChI is InChI=1S/C28H22Cl2N2O5S/c1-3-36-17-7-5-6-16(12-17)25(33)23-24(15-8-10-19(29)20(30)13-15)32(27(35)26(23)34)28-31-21-11-9-18(37-4-2)14-22(21)38-28/h5-14,24,33H,3-4H2,1-2H3. The maximum Gasteiger partial charge on any atom is 0.301 e. The van der Waals surface area contributed by atoms with E-state index < -0.39 is 17.7 Å². The zero-order valence-electron chi connectivity index (χ0n) is 20.4. The third kappa shape index (κ3) is 4.71. The summed E-state index contributed by atoms with van der Waals surface area (Å²) in [5, 5.41) is 12.3. The molecule has 1 aromatic heterocycles. The van der Waals surface area contributed by atoms with E-state index in [4.69, 9.17) is 32.7 Å². The zero-order valence-corrected chi connectivity index (χ0v) is 22.7. The Hall–Kier alpha value is -3.59. The summed E-state index contributed by atoms with van der Waals surface area (Å²) >= 11 is 13.7. The third-order valence-corrected chi connectivity index (χ3v) is 7.74. The largest absolute Gasteiger partial charge is 0.507 e. The van der Waals surface area contributed by atoms with Crippen LogP contribution < -0.4 is 14.4 Å². The Morgan fingerprint density at radius 2 is 1.71 bits per heavy atom. The number of Topliss-reactive ketones (excluding diaryl/α,β-unsaturated/α-hetero) is 1. The molecule has 0 saturated carbocycles. The van der Waals surface area contributed by atoms with Crippen molar-refractivity contribution in [2.75, 3.05) is 18.1 Å². The number of aliphatic hydroxyl groups excluding tert-OH is 1. The average Bonchev–Trinajstić information content (AvgIpc) is 3.43. The number of thiazole rings is 1. The van der Waals surface area contributed by atoms with Crippen LogP contribution >= 0.6 is 34.5 Å². The number of anilines is 1. The van der Waals surface area contributed by atoms with Crippen LogP contribution in [0.1, 0.15) is 31.0 Å². The fraction of sp³-hybridized carbons (Fsp3) is 0.179. The van der Waals surface area contributed by atoms with Gasteiger partial charge in [0.2, 0.25) is 0 Å². The Morgan fingerprint density at radius 1 is 0.974 bits per heavy atom. The topological polar surface area (TPSA) is 89.0 Å². The number of nitrogens with zero attached hydrogens (tertiary/aromatic N) is 2. The molecule has 10 heteroatoms. The number of aromatic nitrogens is 1. The minimum atomic E-state index is -0.993. The molecule has 3 aromatic carbocycles. The Morgan fingerprint density at radius 3 is 2.42 bits per heavy atom. The minimum Gasteiger partial charge on any atom is -0.507 e. The number of aliphatic hydroxyl groups is 1. The van der Waals surface area contributed by atoms with E-state index in [0.29, 0.717) is 51.5 Å². The van der Waals surface area contributed by atoms with E-state index in [2.05, 4.69) is 4.98 Å². The number of hydrogen-bond donors (Lipinski definition) is 1. The number of amides is 1. The Bertz CT molecular complexity index is 1600. The van der Waals surface area contributed by atoms with Crippen molar-refractivity contribution in [3.8, 4) is 11.5 Å². The molecule has 1 amide bonds. The predicted molar refractivity (Wildman–Crippen MR) is 150 cm³/mol. The number of ether oxygens (including phenoxy) is 2. The number of ketones is 1. The highest BCUT2D eigenvalue weighted by Crippen LogP contribution is 2.45. The number of rotatable bonds is 7. The van der Waals surface area contributed by atoms with Gasteiger partial charge in [0.05, 0.1) is 45.1 Å². The summed E-state index contributed by atoms with van der Waals surface area (Å²) in [5.41, 5.74) is 1.39. The monoisotopic (exact) mass is 568 g/mol. The lowest BCUT2D eigenvalue weighted by molar-refractivity contribution is -0.132. The molecule has 1 fully saturated rings. The fourth-order valence-electron chi connectivity index (χ4n) is 4.34. The molecule has 1 aliphatic rings. The number of fused-ring (bicyclic) bond motifs is 1. The quantitative estimate of drug-likeness (QED) is 0.146. The van der Waals surface area contributed by atoms with Gasteiger partial charge in [-0.25, -0.2) is 4.98 Å². The lowest BCUT2D eigenvalue weighted by atomic mass is 9.95. The predicted octanol–water partition coefficient (Wildman–Crippen LogP) is 7.03. The number of halogens is 2.